The molecule has 0 bridgehead atoms. The molecule has 1 atom stereocenters. The van der Waals surface area contributed by atoms with Gasteiger partial charge in [0.1, 0.15) is 5.82 Å². The zero-order valence-corrected chi connectivity index (χ0v) is 10.8. The fourth-order valence-corrected chi connectivity index (χ4v) is 2.05. The first-order valence-electron chi connectivity index (χ1n) is 6.62. The number of rotatable bonds is 5. The van der Waals surface area contributed by atoms with Gasteiger partial charge in [0, 0.05) is 19.7 Å². The first kappa shape index (κ1) is 13.8. The maximum absolute atomic E-state index is 12.7. The molecule has 0 spiro atoms. The molecule has 1 aromatic carbocycles. The van der Waals surface area contributed by atoms with E-state index in [1.807, 2.05) is 0 Å². The molecule has 0 radical (unpaired) electrons. The number of benzene rings is 1. The molecule has 0 saturated carbocycles. The molecular formula is C14H19FN2O2. The van der Waals surface area contributed by atoms with Crippen LogP contribution >= 0.6 is 0 Å². The molecule has 2 amide bonds. The SMILES string of the molecule is O=C(NCCc1ccc(F)cc1)NC[C@H]1CCCO1. The van der Waals surface area contributed by atoms with Gasteiger partial charge in [-0.3, -0.25) is 0 Å². The molecule has 1 aliphatic rings. The molecular weight excluding hydrogens is 247 g/mol. The van der Waals surface area contributed by atoms with E-state index in [1.54, 1.807) is 12.1 Å². The van der Waals surface area contributed by atoms with Crippen molar-refractivity contribution in [3.05, 3.63) is 35.6 Å². The minimum absolute atomic E-state index is 0.155. The van der Waals surface area contributed by atoms with Crippen molar-refractivity contribution in [1.82, 2.24) is 10.6 Å². The number of nitrogens with one attached hydrogen (secondary N) is 2. The molecule has 2 rings (SSSR count). The number of ether oxygens (including phenoxy) is 1. The lowest BCUT2D eigenvalue weighted by Gasteiger charge is -2.11. The summed E-state index contributed by atoms with van der Waals surface area (Å²) in [7, 11) is 0. The number of urea groups is 1. The minimum atomic E-state index is -0.244. The van der Waals surface area contributed by atoms with Crippen LogP contribution in [0, 0.1) is 5.82 Å². The van der Waals surface area contributed by atoms with E-state index in [9.17, 15) is 9.18 Å². The molecule has 4 nitrogen and oxygen atoms in total. The summed E-state index contributed by atoms with van der Waals surface area (Å²) in [5.41, 5.74) is 1.00. The van der Waals surface area contributed by atoms with Crippen molar-refractivity contribution < 1.29 is 13.9 Å². The third-order valence-electron chi connectivity index (χ3n) is 3.13. The standard InChI is InChI=1S/C14H19FN2O2/c15-12-5-3-11(4-6-12)7-8-16-14(18)17-10-13-2-1-9-19-13/h3-6,13H,1-2,7-10H2,(H2,16,17,18)/t13-/m1/s1. The van der Waals surface area contributed by atoms with Crippen molar-refractivity contribution in [2.24, 2.45) is 0 Å². The number of carbonyl (C=O) groups is 1. The van der Waals surface area contributed by atoms with Crippen LogP contribution in [-0.2, 0) is 11.2 Å². The number of carbonyl (C=O) groups excluding carboxylic acids is 1. The quantitative estimate of drug-likeness (QED) is 0.854. The summed E-state index contributed by atoms with van der Waals surface area (Å²) in [6.45, 7) is 1.88. The van der Waals surface area contributed by atoms with Gasteiger partial charge in [-0.15, -0.1) is 0 Å². The smallest absolute Gasteiger partial charge is 0.314 e. The molecule has 1 fully saturated rings. The minimum Gasteiger partial charge on any atom is -0.376 e. The Labute approximate surface area is 112 Å². The van der Waals surface area contributed by atoms with Crippen LogP contribution in [0.3, 0.4) is 0 Å². The molecule has 5 heteroatoms. The molecule has 1 saturated heterocycles. The fourth-order valence-electron chi connectivity index (χ4n) is 2.05. The van der Waals surface area contributed by atoms with Crippen LogP contribution in [0.25, 0.3) is 0 Å². The van der Waals surface area contributed by atoms with Gasteiger partial charge >= 0.3 is 6.03 Å². The highest BCUT2D eigenvalue weighted by Gasteiger charge is 2.15. The van der Waals surface area contributed by atoms with Gasteiger partial charge in [-0.1, -0.05) is 12.1 Å². The zero-order chi connectivity index (χ0) is 13.5. The Hall–Kier alpha value is -1.62. The van der Waals surface area contributed by atoms with Gasteiger partial charge in [0.2, 0.25) is 0 Å². The van der Waals surface area contributed by atoms with E-state index in [2.05, 4.69) is 10.6 Å². The molecule has 0 unspecified atom stereocenters. The third kappa shape index (κ3) is 4.87. The van der Waals surface area contributed by atoms with E-state index in [0.29, 0.717) is 19.5 Å². The van der Waals surface area contributed by atoms with Crippen LogP contribution in [0.2, 0.25) is 0 Å². The van der Waals surface area contributed by atoms with E-state index >= 15 is 0 Å². The van der Waals surface area contributed by atoms with Gasteiger partial charge in [0.15, 0.2) is 0 Å². The number of halogens is 1. The average Bonchev–Trinajstić information content (AvgIpc) is 2.92. The Kier molecular flexibility index (Phi) is 5.15. The van der Waals surface area contributed by atoms with Crippen molar-refractivity contribution in [3.63, 3.8) is 0 Å². The first-order chi connectivity index (χ1) is 9.24. The van der Waals surface area contributed by atoms with E-state index in [4.69, 9.17) is 4.74 Å². The largest absolute Gasteiger partial charge is 0.376 e. The number of hydrogen-bond acceptors (Lipinski definition) is 2. The van der Waals surface area contributed by atoms with E-state index in [1.165, 1.54) is 12.1 Å². The van der Waals surface area contributed by atoms with Crippen molar-refractivity contribution in [2.45, 2.75) is 25.4 Å². The van der Waals surface area contributed by atoms with Crippen LogP contribution in [0.15, 0.2) is 24.3 Å². The highest BCUT2D eigenvalue weighted by molar-refractivity contribution is 5.73. The van der Waals surface area contributed by atoms with E-state index in [0.717, 1.165) is 25.0 Å². The molecule has 104 valence electrons. The zero-order valence-electron chi connectivity index (χ0n) is 10.8. The Balaban J connectivity index is 1.59. The Morgan fingerprint density at radius 2 is 2.11 bits per heavy atom. The van der Waals surface area contributed by atoms with Gasteiger partial charge in [-0.2, -0.15) is 0 Å². The van der Waals surface area contributed by atoms with Crippen molar-refractivity contribution >= 4 is 6.03 Å². The van der Waals surface area contributed by atoms with E-state index < -0.39 is 0 Å². The highest BCUT2D eigenvalue weighted by Crippen LogP contribution is 2.10. The second kappa shape index (κ2) is 7.09. The summed E-state index contributed by atoms with van der Waals surface area (Å²) >= 11 is 0. The summed E-state index contributed by atoms with van der Waals surface area (Å²) in [5.74, 6) is -0.244. The highest BCUT2D eigenvalue weighted by atomic mass is 19.1. The molecule has 1 aromatic rings. The van der Waals surface area contributed by atoms with E-state index in [-0.39, 0.29) is 18.0 Å². The molecule has 0 aromatic heterocycles. The summed E-state index contributed by atoms with van der Waals surface area (Å²) in [6, 6.07) is 6.11. The van der Waals surface area contributed by atoms with Crippen molar-refractivity contribution in [3.8, 4) is 0 Å². The topological polar surface area (TPSA) is 50.4 Å². The lowest BCUT2D eigenvalue weighted by atomic mass is 10.1. The molecule has 19 heavy (non-hydrogen) atoms. The van der Waals surface area contributed by atoms with Crippen LogP contribution in [0.5, 0.6) is 0 Å². The predicted octanol–water partition coefficient (Wildman–Crippen LogP) is 1.85. The summed E-state index contributed by atoms with van der Waals surface area (Å²) in [4.78, 5) is 11.5. The summed E-state index contributed by atoms with van der Waals surface area (Å²) in [5, 5.41) is 5.56. The second-order valence-corrected chi connectivity index (χ2v) is 4.65. The average molecular weight is 266 g/mol. The van der Waals surface area contributed by atoms with Crippen LogP contribution in [0.4, 0.5) is 9.18 Å². The summed E-state index contributed by atoms with van der Waals surface area (Å²) < 4.78 is 18.1. The maximum atomic E-state index is 12.7. The number of hydrogen-bond donors (Lipinski definition) is 2. The van der Waals surface area contributed by atoms with Crippen LogP contribution in [-0.4, -0.2) is 31.8 Å². The van der Waals surface area contributed by atoms with Crippen LogP contribution < -0.4 is 10.6 Å². The lowest BCUT2D eigenvalue weighted by Crippen LogP contribution is -2.40. The van der Waals surface area contributed by atoms with Crippen molar-refractivity contribution in [2.75, 3.05) is 19.7 Å². The van der Waals surface area contributed by atoms with Gasteiger partial charge in [-0.25, -0.2) is 9.18 Å². The summed E-state index contributed by atoms with van der Waals surface area (Å²) in [6.07, 6.45) is 2.92. The molecule has 1 heterocycles. The van der Waals surface area contributed by atoms with Crippen molar-refractivity contribution in [1.29, 1.82) is 0 Å². The fraction of sp³-hybridized carbons (Fsp3) is 0.500. The van der Waals surface area contributed by atoms with Gasteiger partial charge < -0.3 is 15.4 Å². The molecule has 0 aliphatic carbocycles. The predicted molar refractivity (Wildman–Crippen MR) is 70.5 cm³/mol. The Bertz CT molecular complexity index is 402. The molecule has 2 N–H and O–H groups in total. The van der Waals surface area contributed by atoms with Crippen LogP contribution in [0.1, 0.15) is 18.4 Å². The maximum Gasteiger partial charge on any atom is 0.314 e. The normalized spacial score (nSPS) is 18.3. The van der Waals surface area contributed by atoms with Gasteiger partial charge in [0.25, 0.3) is 0 Å². The number of amides is 2. The monoisotopic (exact) mass is 266 g/mol. The third-order valence-corrected chi connectivity index (χ3v) is 3.13. The van der Waals surface area contributed by atoms with Gasteiger partial charge in [-0.05, 0) is 37.0 Å². The Morgan fingerprint density at radius 1 is 1.32 bits per heavy atom. The second-order valence-electron chi connectivity index (χ2n) is 4.65. The van der Waals surface area contributed by atoms with Gasteiger partial charge in [0.05, 0.1) is 6.10 Å². The Morgan fingerprint density at radius 3 is 2.79 bits per heavy atom. The molecule has 1 aliphatic heterocycles. The lowest BCUT2D eigenvalue weighted by molar-refractivity contribution is 0.111. The first-order valence-corrected chi connectivity index (χ1v) is 6.62.